The normalized spacial score (nSPS) is 10.8. The standard InChI is InChI=1S/C18H17N5O4S/c1-27-17-16(19-11-12-20-17)23-28(25,26)15-9-7-14(8-10-15)22-18(24)21-13-5-3-2-4-6-13/h2-12H,1H3,(H,19,23)(H2,21,22,24). The van der Waals surface area contributed by atoms with E-state index in [2.05, 4.69) is 25.3 Å². The Kier molecular flexibility index (Phi) is 5.70. The molecule has 2 aromatic carbocycles. The first-order chi connectivity index (χ1) is 13.5. The number of nitrogens with zero attached hydrogens (tertiary/aromatic N) is 2. The van der Waals surface area contributed by atoms with Crippen molar-refractivity contribution in [3.05, 3.63) is 67.0 Å². The third-order valence-electron chi connectivity index (χ3n) is 3.54. The molecule has 1 aromatic heterocycles. The van der Waals surface area contributed by atoms with Crippen LogP contribution in [0.25, 0.3) is 0 Å². The summed E-state index contributed by atoms with van der Waals surface area (Å²) in [5, 5.41) is 5.30. The highest BCUT2D eigenvalue weighted by molar-refractivity contribution is 7.92. The molecule has 0 aliphatic rings. The van der Waals surface area contributed by atoms with Crippen LogP contribution < -0.4 is 20.1 Å². The largest absolute Gasteiger partial charge is 0.478 e. The Morgan fingerprint density at radius 2 is 1.50 bits per heavy atom. The molecule has 0 aliphatic carbocycles. The number of carbonyl (C=O) groups excluding carboxylic acids is 1. The fourth-order valence-corrected chi connectivity index (χ4v) is 3.27. The molecule has 144 valence electrons. The smallest absolute Gasteiger partial charge is 0.323 e. The summed E-state index contributed by atoms with van der Waals surface area (Å²) in [5.41, 5.74) is 1.07. The summed E-state index contributed by atoms with van der Waals surface area (Å²) in [6.07, 6.45) is 2.73. The summed E-state index contributed by atoms with van der Waals surface area (Å²) in [6.45, 7) is 0. The Labute approximate surface area is 161 Å². The van der Waals surface area contributed by atoms with E-state index in [0.29, 0.717) is 11.4 Å². The van der Waals surface area contributed by atoms with E-state index in [1.807, 2.05) is 6.07 Å². The highest BCUT2D eigenvalue weighted by Gasteiger charge is 2.18. The van der Waals surface area contributed by atoms with E-state index in [4.69, 9.17) is 4.74 Å². The number of urea groups is 1. The number of ether oxygens (including phenoxy) is 1. The average Bonchev–Trinajstić information content (AvgIpc) is 2.69. The van der Waals surface area contributed by atoms with Crippen LogP contribution in [0.5, 0.6) is 5.88 Å². The zero-order valence-corrected chi connectivity index (χ0v) is 15.6. The number of anilines is 3. The van der Waals surface area contributed by atoms with Gasteiger partial charge in [0.05, 0.1) is 12.0 Å². The number of nitrogens with one attached hydrogen (secondary N) is 3. The summed E-state index contributed by atoms with van der Waals surface area (Å²) in [4.78, 5) is 19.8. The summed E-state index contributed by atoms with van der Waals surface area (Å²) in [7, 11) is -2.54. The minimum absolute atomic E-state index is 0.00535. The van der Waals surface area contributed by atoms with Gasteiger partial charge in [-0.1, -0.05) is 18.2 Å². The second-order valence-corrected chi connectivity index (χ2v) is 7.17. The number of hydrogen-bond donors (Lipinski definition) is 3. The topological polar surface area (TPSA) is 122 Å². The van der Waals surface area contributed by atoms with E-state index < -0.39 is 16.1 Å². The fourth-order valence-electron chi connectivity index (χ4n) is 2.26. The molecule has 0 spiro atoms. The lowest BCUT2D eigenvalue weighted by molar-refractivity contribution is 0.262. The molecule has 0 aliphatic heterocycles. The molecule has 0 saturated heterocycles. The maximum atomic E-state index is 12.5. The monoisotopic (exact) mass is 399 g/mol. The van der Waals surface area contributed by atoms with Crippen LogP contribution in [0.1, 0.15) is 0 Å². The van der Waals surface area contributed by atoms with Gasteiger partial charge < -0.3 is 15.4 Å². The second kappa shape index (κ2) is 8.35. The molecule has 1 heterocycles. The number of methoxy groups -OCH3 is 1. The van der Waals surface area contributed by atoms with Crippen LogP contribution in [0.2, 0.25) is 0 Å². The van der Waals surface area contributed by atoms with Crippen LogP contribution in [0, 0.1) is 0 Å². The molecule has 9 nitrogen and oxygen atoms in total. The first kappa shape index (κ1) is 19.1. The van der Waals surface area contributed by atoms with E-state index >= 15 is 0 Å². The van der Waals surface area contributed by atoms with Crippen LogP contribution in [-0.4, -0.2) is 31.5 Å². The lowest BCUT2D eigenvalue weighted by Gasteiger charge is -2.11. The van der Waals surface area contributed by atoms with Gasteiger partial charge in [-0.2, -0.15) is 0 Å². The Hall–Kier alpha value is -3.66. The molecular formula is C18H17N5O4S. The molecule has 0 fully saturated rings. The van der Waals surface area contributed by atoms with Gasteiger partial charge >= 0.3 is 6.03 Å². The van der Waals surface area contributed by atoms with Crippen molar-refractivity contribution in [2.24, 2.45) is 0 Å². The Bertz CT molecular complexity index is 1060. The summed E-state index contributed by atoms with van der Waals surface area (Å²) in [5.74, 6) is 0.0383. The Balaban J connectivity index is 1.68. The van der Waals surface area contributed by atoms with Crippen LogP contribution in [0.3, 0.4) is 0 Å². The number of para-hydroxylation sites is 1. The first-order valence-electron chi connectivity index (χ1n) is 8.09. The predicted octanol–water partition coefficient (Wildman–Crippen LogP) is 2.93. The first-order valence-corrected chi connectivity index (χ1v) is 9.57. The van der Waals surface area contributed by atoms with Gasteiger partial charge in [0, 0.05) is 23.8 Å². The van der Waals surface area contributed by atoms with Gasteiger partial charge in [-0.15, -0.1) is 0 Å². The zero-order valence-electron chi connectivity index (χ0n) is 14.8. The number of aromatic nitrogens is 2. The predicted molar refractivity (Wildman–Crippen MR) is 105 cm³/mol. The van der Waals surface area contributed by atoms with Gasteiger partial charge in [-0.05, 0) is 36.4 Å². The molecule has 2 amide bonds. The molecule has 3 rings (SSSR count). The van der Waals surface area contributed by atoms with Crippen molar-refractivity contribution in [1.29, 1.82) is 0 Å². The minimum Gasteiger partial charge on any atom is -0.478 e. The van der Waals surface area contributed by atoms with Crippen LogP contribution >= 0.6 is 0 Å². The van der Waals surface area contributed by atoms with E-state index in [-0.39, 0.29) is 16.6 Å². The molecule has 0 radical (unpaired) electrons. The Morgan fingerprint density at radius 3 is 2.14 bits per heavy atom. The minimum atomic E-state index is -3.90. The van der Waals surface area contributed by atoms with Gasteiger partial charge in [0.1, 0.15) is 0 Å². The SMILES string of the molecule is COc1nccnc1NS(=O)(=O)c1ccc(NC(=O)Nc2ccccc2)cc1. The third-order valence-corrected chi connectivity index (χ3v) is 4.90. The highest BCUT2D eigenvalue weighted by Crippen LogP contribution is 2.22. The molecule has 0 unspecified atom stereocenters. The molecule has 3 aromatic rings. The van der Waals surface area contributed by atoms with Gasteiger partial charge in [0.2, 0.25) is 5.82 Å². The maximum Gasteiger partial charge on any atom is 0.323 e. The number of benzene rings is 2. The molecular weight excluding hydrogens is 382 g/mol. The van der Waals surface area contributed by atoms with Gasteiger partial charge in [-0.3, -0.25) is 4.72 Å². The van der Waals surface area contributed by atoms with Crippen LogP contribution in [0.15, 0.2) is 71.9 Å². The van der Waals surface area contributed by atoms with E-state index in [1.54, 1.807) is 24.3 Å². The quantitative estimate of drug-likeness (QED) is 0.586. The molecule has 0 bridgehead atoms. The molecule has 28 heavy (non-hydrogen) atoms. The second-order valence-electron chi connectivity index (χ2n) is 5.49. The summed E-state index contributed by atoms with van der Waals surface area (Å²) < 4.78 is 32.3. The molecule has 0 saturated carbocycles. The molecule has 3 N–H and O–H groups in total. The van der Waals surface area contributed by atoms with Crippen molar-refractivity contribution in [3.63, 3.8) is 0 Å². The third kappa shape index (κ3) is 4.74. The Morgan fingerprint density at radius 1 is 0.893 bits per heavy atom. The highest BCUT2D eigenvalue weighted by atomic mass is 32.2. The number of carbonyl (C=O) groups is 1. The summed E-state index contributed by atoms with van der Waals surface area (Å²) >= 11 is 0. The van der Waals surface area contributed by atoms with Gasteiger partial charge in [0.15, 0.2) is 0 Å². The van der Waals surface area contributed by atoms with Crippen molar-refractivity contribution >= 4 is 33.2 Å². The fraction of sp³-hybridized carbons (Fsp3) is 0.0556. The van der Waals surface area contributed by atoms with Crippen LogP contribution in [0.4, 0.5) is 22.0 Å². The average molecular weight is 399 g/mol. The van der Waals surface area contributed by atoms with E-state index in [1.165, 1.54) is 43.8 Å². The molecule has 10 heteroatoms. The van der Waals surface area contributed by atoms with Crippen molar-refractivity contribution in [1.82, 2.24) is 9.97 Å². The van der Waals surface area contributed by atoms with Gasteiger partial charge in [-0.25, -0.2) is 23.2 Å². The van der Waals surface area contributed by atoms with Crippen molar-refractivity contribution in [3.8, 4) is 5.88 Å². The summed E-state index contributed by atoms with van der Waals surface area (Å²) in [6, 6.07) is 14.2. The number of hydrogen-bond acceptors (Lipinski definition) is 6. The lowest BCUT2D eigenvalue weighted by Crippen LogP contribution is -2.19. The van der Waals surface area contributed by atoms with Crippen LogP contribution in [-0.2, 0) is 10.0 Å². The van der Waals surface area contributed by atoms with Crippen molar-refractivity contribution < 1.29 is 17.9 Å². The molecule has 0 atom stereocenters. The lowest BCUT2D eigenvalue weighted by atomic mass is 10.3. The number of rotatable bonds is 6. The van der Waals surface area contributed by atoms with E-state index in [9.17, 15) is 13.2 Å². The number of sulfonamides is 1. The number of amides is 2. The van der Waals surface area contributed by atoms with Crippen molar-refractivity contribution in [2.75, 3.05) is 22.5 Å². The van der Waals surface area contributed by atoms with Crippen molar-refractivity contribution in [2.45, 2.75) is 4.90 Å². The zero-order chi connectivity index (χ0) is 20.0. The van der Waals surface area contributed by atoms with Gasteiger partial charge in [0.25, 0.3) is 15.9 Å². The van der Waals surface area contributed by atoms with E-state index in [0.717, 1.165) is 0 Å². The maximum absolute atomic E-state index is 12.5.